The van der Waals surface area contributed by atoms with Gasteiger partial charge in [-0.3, -0.25) is 4.98 Å². The minimum atomic E-state index is 0.964. The van der Waals surface area contributed by atoms with Gasteiger partial charge in [-0.2, -0.15) is 11.3 Å². The van der Waals surface area contributed by atoms with Gasteiger partial charge in [0.15, 0.2) is 0 Å². The van der Waals surface area contributed by atoms with Crippen molar-refractivity contribution >= 4 is 38.2 Å². The monoisotopic (exact) mass is 302 g/mol. The number of pyridine rings is 1. The lowest BCUT2D eigenvalue weighted by molar-refractivity contribution is 1.33. The van der Waals surface area contributed by atoms with Crippen LogP contribution in [0.1, 0.15) is 11.1 Å². The number of rotatable bonds is 0. The van der Waals surface area contributed by atoms with E-state index in [1.54, 1.807) is 23.7 Å². The first kappa shape index (κ1) is 10.6. The van der Waals surface area contributed by atoms with E-state index >= 15 is 0 Å². The van der Waals surface area contributed by atoms with E-state index in [-0.39, 0.29) is 0 Å². The summed E-state index contributed by atoms with van der Waals surface area (Å²) in [5.41, 5.74) is 3.03. The first-order chi connectivity index (χ1) is 8.34. The molecule has 3 heterocycles. The molecular weight excluding hydrogens is 296 g/mol. The topological polar surface area (TPSA) is 28.7 Å². The fraction of sp³-hybridized carbons (Fsp3) is 0. The largest absolute Gasteiger partial charge is 0.359 e. The van der Waals surface area contributed by atoms with Crippen LogP contribution in [0.5, 0.6) is 0 Å². The SMILES string of the molecule is Brc1cncc2[nH]cc(C#Cc3ccsc3)c12. The Balaban J connectivity index is 2.13. The number of thiophene rings is 1. The Morgan fingerprint density at radius 3 is 3.06 bits per heavy atom. The van der Waals surface area contributed by atoms with E-state index in [9.17, 15) is 0 Å². The Kier molecular flexibility index (Phi) is 2.71. The molecule has 0 amide bonds. The minimum absolute atomic E-state index is 0.964. The van der Waals surface area contributed by atoms with E-state index in [1.165, 1.54) is 0 Å². The molecule has 0 aliphatic heterocycles. The summed E-state index contributed by atoms with van der Waals surface area (Å²) in [4.78, 5) is 7.28. The molecule has 3 aromatic rings. The van der Waals surface area contributed by atoms with Gasteiger partial charge in [-0.25, -0.2) is 0 Å². The Hall–Kier alpha value is -1.57. The third-order valence-corrected chi connectivity index (χ3v) is 3.69. The highest BCUT2D eigenvalue weighted by Gasteiger charge is 2.04. The van der Waals surface area contributed by atoms with Crippen LogP contribution in [0.2, 0.25) is 0 Å². The van der Waals surface area contributed by atoms with Crippen LogP contribution in [0.4, 0.5) is 0 Å². The quantitative estimate of drug-likeness (QED) is 0.629. The maximum atomic E-state index is 4.11. The Bertz CT molecular complexity index is 717. The lowest BCUT2D eigenvalue weighted by Gasteiger charge is -1.93. The second-order valence-corrected chi connectivity index (χ2v) is 5.14. The Morgan fingerprint density at radius 2 is 2.24 bits per heavy atom. The summed E-state index contributed by atoms with van der Waals surface area (Å²) in [6.07, 6.45) is 5.50. The summed E-state index contributed by atoms with van der Waals surface area (Å²) >= 11 is 5.15. The first-order valence-corrected chi connectivity index (χ1v) is 6.73. The molecule has 0 fully saturated rings. The zero-order chi connectivity index (χ0) is 11.7. The molecular formula is C13H7BrN2S. The molecule has 0 spiro atoms. The highest BCUT2D eigenvalue weighted by Crippen LogP contribution is 2.25. The number of fused-ring (bicyclic) bond motifs is 1. The van der Waals surface area contributed by atoms with Crippen molar-refractivity contribution in [2.45, 2.75) is 0 Å². The molecule has 3 aromatic heterocycles. The van der Waals surface area contributed by atoms with Crippen LogP contribution in [0.3, 0.4) is 0 Å². The molecule has 0 atom stereocenters. The van der Waals surface area contributed by atoms with Gasteiger partial charge in [0, 0.05) is 33.2 Å². The molecule has 0 aromatic carbocycles. The molecule has 0 saturated carbocycles. The van der Waals surface area contributed by atoms with Crippen LogP contribution < -0.4 is 0 Å². The van der Waals surface area contributed by atoms with Gasteiger partial charge in [0.2, 0.25) is 0 Å². The second kappa shape index (κ2) is 4.36. The molecule has 4 heteroatoms. The van der Waals surface area contributed by atoms with Crippen molar-refractivity contribution < 1.29 is 0 Å². The molecule has 1 N–H and O–H groups in total. The smallest absolute Gasteiger partial charge is 0.0664 e. The molecule has 0 aliphatic rings. The van der Waals surface area contributed by atoms with Gasteiger partial charge in [-0.1, -0.05) is 11.8 Å². The van der Waals surface area contributed by atoms with Gasteiger partial charge in [-0.05, 0) is 27.4 Å². The van der Waals surface area contributed by atoms with Crippen LogP contribution in [0.25, 0.3) is 10.9 Å². The first-order valence-electron chi connectivity index (χ1n) is 4.99. The lowest BCUT2D eigenvalue weighted by Crippen LogP contribution is -1.76. The Labute approximate surface area is 111 Å². The van der Waals surface area contributed by atoms with Crippen LogP contribution in [0, 0.1) is 11.8 Å². The summed E-state index contributed by atoms with van der Waals surface area (Å²) in [6, 6.07) is 2.02. The van der Waals surface area contributed by atoms with E-state index in [0.29, 0.717) is 0 Å². The van der Waals surface area contributed by atoms with Crippen molar-refractivity contribution in [3.8, 4) is 11.8 Å². The van der Waals surface area contributed by atoms with Gasteiger partial charge in [0.25, 0.3) is 0 Å². The van der Waals surface area contributed by atoms with E-state index in [0.717, 1.165) is 26.5 Å². The average Bonchev–Trinajstić information content (AvgIpc) is 2.95. The van der Waals surface area contributed by atoms with Crippen LogP contribution in [-0.4, -0.2) is 9.97 Å². The molecule has 3 rings (SSSR count). The maximum absolute atomic E-state index is 4.11. The molecule has 17 heavy (non-hydrogen) atoms. The predicted molar refractivity (Wildman–Crippen MR) is 74.1 cm³/mol. The normalized spacial score (nSPS) is 10.2. The van der Waals surface area contributed by atoms with Crippen molar-refractivity contribution in [3.63, 3.8) is 0 Å². The van der Waals surface area contributed by atoms with Gasteiger partial charge in [0.1, 0.15) is 0 Å². The molecule has 0 aliphatic carbocycles. The third kappa shape index (κ3) is 1.99. The van der Waals surface area contributed by atoms with Gasteiger partial charge >= 0.3 is 0 Å². The molecule has 82 valence electrons. The average molecular weight is 303 g/mol. The number of H-pyrrole nitrogens is 1. The maximum Gasteiger partial charge on any atom is 0.0664 e. The van der Waals surface area contributed by atoms with Gasteiger partial charge in [-0.15, -0.1) is 0 Å². The zero-order valence-electron chi connectivity index (χ0n) is 8.70. The van der Waals surface area contributed by atoms with Crippen molar-refractivity contribution in [1.29, 1.82) is 0 Å². The summed E-state index contributed by atoms with van der Waals surface area (Å²) < 4.78 is 0.964. The van der Waals surface area contributed by atoms with Crippen molar-refractivity contribution in [2.75, 3.05) is 0 Å². The highest BCUT2D eigenvalue weighted by atomic mass is 79.9. The number of halogens is 1. The number of nitrogens with one attached hydrogen (secondary N) is 1. The number of hydrogen-bond acceptors (Lipinski definition) is 2. The van der Waals surface area contributed by atoms with Crippen molar-refractivity contribution in [1.82, 2.24) is 9.97 Å². The molecule has 0 radical (unpaired) electrons. The summed E-state index contributed by atoms with van der Waals surface area (Å²) in [5.74, 6) is 6.32. The predicted octanol–water partition coefficient (Wildman–Crippen LogP) is 3.79. The number of nitrogens with zero attached hydrogens (tertiary/aromatic N) is 1. The fourth-order valence-electron chi connectivity index (χ4n) is 1.61. The van der Waals surface area contributed by atoms with Crippen molar-refractivity contribution in [3.05, 3.63) is 51.0 Å². The van der Waals surface area contributed by atoms with E-state index < -0.39 is 0 Å². The van der Waals surface area contributed by atoms with Crippen LogP contribution in [0.15, 0.2) is 39.9 Å². The van der Waals surface area contributed by atoms with E-state index in [1.807, 2.05) is 23.0 Å². The molecule has 2 nitrogen and oxygen atoms in total. The Morgan fingerprint density at radius 1 is 1.29 bits per heavy atom. The van der Waals surface area contributed by atoms with Crippen LogP contribution >= 0.6 is 27.3 Å². The highest BCUT2D eigenvalue weighted by molar-refractivity contribution is 9.10. The molecule has 0 unspecified atom stereocenters. The summed E-state index contributed by atoms with van der Waals surface area (Å²) in [6.45, 7) is 0. The van der Waals surface area contributed by atoms with Crippen molar-refractivity contribution in [2.24, 2.45) is 0 Å². The number of aromatic amines is 1. The van der Waals surface area contributed by atoms with E-state index in [2.05, 4.69) is 37.7 Å². The van der Waals surface area contributed by atoms with Gasteiger partial charge in [0.05, 0.1) is 17.3 Å². The molecule has 0 bridgehead atoms. The second-order valence-electron chi connectivity index (χ2n) is 3.51. The lowest BCUT2D eigenvalue weighted by atomic mass is 10.2. The van der Waals surface area contributed by atoms with Gasteiger partial charge < -0.3 is 4.98 Å². The standard InChI is InChI=1S/C13H7BrN2S/c14-11-6-15-7-12-13(11)10(5-16-12)2-1-9-3-4-17-8-9/h3-8,16H. The zero-order valence-corrected chi connectivity index (χ0v) is 11.1. The van der Waals surface area contributed by atoms with Crippen LogP contribution in [-0.2, 0) is 0 Å². The fourth-order valence-corrected chi connectivity index (χ4v) is 2.75. The third-order valence-electron chi connectivity index (χ3n) is 2.40. The molecule has 0 saturated heterocycles. The van der Waals surface area contributed by atoms with E-state index in [4.69, 9.17) is 0 Å². The number of hydrogen-bond donors (Lipinski definition) is 1. The minimum Gasteiger partial charge on any atom is -0.359 e. The number of aromatic nitrogens is 2. The summed E-state index contributed by atoms with van der Waals surface area (Å²) in [5, 5.41) is 5.15. The summed E-state index contributed by atoms with van der Waals surface area (Å²) in [7, 11) is 0.